The Morgan fingerprint density at radius 1 is 1.10 bits per heavy atom. The number of thiophene rings is 1. The Bertz CT molecular complexity index is 777. The van der Waals surface area contributed by atoms with Gasteiger partial charge in [0.2, 0.25) is 0 Å². The first-order chi connectivity index (χ1) is 9.65. The molecule has 0 radical (unpaired) electrons. The van der Waals surface area contributed by atoms with Crippen molar-refractivity contribution in [3.05, 3.63) is 60.2 Å². The zero-order valence-corrected chi connectivity index (χ0v) is 11.9. The van der Waals surface area contributed by atoms with Crippen LogP contribution in [0.25, 0.3) is 5.69 Å². The van der Waals surface area contributed by atoms with Crippen LogP contribution < -0.4 is 4.72 Å². The van der Waals surface area contributed by atoms with Gasteiger partial charge in [-0.15, -0.1) is 11.3 Å². The number of hydrogen-bond acceptors (Lipinski definition) is 4. The Hall–Kier alpha value is -2.12. The molecular weight excluding hydrogens is 294 g/mol. The fourth-order valence-electron chi connectivity index (χ4n) is 1.73. The lowest BCUT2D eigenvalue weighted by molar-refractivity contribution is 0.603. The van der Waals surface area contributed by atoms with Gasteiger partial charge in [-0.2, -0.15) is 5.10 Å². The minimum absolute atomic E-state index is 0.300. The Labute approximate surface area is 120 Å². The van der Waals surface area contributed by atoms with Gasteiger partial charge in [-0.05, 0) is 41.8 Å². The van der Waals surface area contributed by atoms with Crippen LogP contribution in [0.4, 0.5) is 5.69 Å². The van der Waals surface area contributed by atoms with Crippen LogP contribution in [0, 0.1) is 0 Å². The number of benzene rings is 1. The van der Waals surface area contributed by atoms with Gasteiger partial charge in [-0.25, -0.2) is 13.1 Å². The van der Waals surface area contributed by atoms with E-state index in [0.717, 1.165) is 5.69 Å². The molecule has 0 saturated carbocycles. The molecule has 102 valence electrons. The zero-order valence-electron chi connectivity index (χ0n) is 10.3. The van der Waals surface area contributed by atoms with Gasteiger partial charge in [0.15, 0.2) is 0 Å². The van der Waals surface area contributed by atoms with Gasteiger partial charge >= 0.3 is 0 Å². The van der Waals surface area contributed by atoms with Crippen LogP contribution in [-0.2, 0) is 10.0 Å². The second-order valence-electron chi connectivity index (χ2n) is 4.04. The van der Waals surface area contributed by atoms with Crippen LogP contribution in [0.2, 0.25) is 0 Å². The van der Waals surface area contributed by atoms with E-state index in [4.69, 9.17) is 0 Å². The number of sulfonamides is 1. The van der Waals surface area contributed by atoms with Crippen molar-refractivity contribution in [2.45, 2.75) is 4.21 Å². The molecular formula is C13H11N3O2S2. The molecule has 3 aromatic rings. The number of aromatic nitrogens is 2. The van der Waals surface area contributed by atoms with Gasteiger partial charge in [-0.3, -0.25) is 4.72 Å². The smallest absolute Gasteiger partial charge is 0.271 e. The molecule has 2 aromatic heterocycles. The highest BCUT2D eigenvalue weighted by molar-refractivity contribution is 7.94. The molecule has 0 unspecified atom stereocenters. The molecule has 5 nitrogen and oxygen atoms in total. The fraction of sp³-hybridized carbons (Fsp3) is 0. The van der Waals surface area contributed by atoms with E-state index in [-0.39, 0.29) is 0 Å². The minimum atomic E-state index is -3.49. The highest BCUT2D eigenvalue weighted by atomic mass is 32.2. The quantitative estimate of drug-likeness (QED) is 0.806. The molecule has 1 aromatic carbocycles. The van der Waals surface area contributed by atoms with E-state index in [1.807, 2.05) is 12.3 Å². The van der Waals surface area contributed by atoms with Crippen LogP contribution in [0.1, 0.15) is 0 Å². The third kappa shape index (κ3) is 2.59. The molecule has 0 aliphatic heterocycles. The predicted molar refractivity (Wildman–Crippen MR) is 78.7 cm³/mol. The predicted octanol–water partition coefficient (Wildman–Crippen LogP) is 2.73. The van der Waals surface area contributed by atoms with E-state index in [1.165, 1.54) is 11.3 Å². The molecule has 7 heteroatoms. The molecule has 0 fully saturated rings. The fourth-order valence-corrected chi connectivity index (χ4v) is 3.78. The van der Waals surface area contributed by atoms with Crippen molar-refractivity contribution in [1.29, 1.82) is 0 Å². The molecule has 0 atom stereocenters. The summed E-state index contributed by atoms with van der Waals surface area (Å²) in [6.07, 6.45) is 3.51. The van der Waals surface area contributed by atoms with E-state index in [2.05, 4.69) is 9.82 Å². The summed E-state index contributed by atoms with van der Waals surface area (Å²) >= 11 is 1.19. The summed E-state index contributed by atoms with van der Waals surface area (Å²) in [5.74, 6) is 0. The number of anilines is 1. The molecule has 0 spiro atoms. The summed E-state index contributed by atoms with van der Waals surface area (Å²) in [6.45, 7) is 0. The van der Waals surface area contributed by atoms with E-state index >= 15 is 0 Å². The summed E-state index contributed by atoms with van der Waals surface area (Å²) in [5.41, 5.74) is 1.39. The molecule has 0 amide bonds. The van der Waals surface area contributed by atoms with Crippen LogP contribution in [0.3, 0.4) is 0 Å². The molecule has 2 heterocycles. The van der Waals surface area contributed by atoms with Crippen molar-refractivity contribution in [3.63, 3.8) is 0 Å². The first-order valence-electron chi connectivity index (χ1n) is 5.81. The number of nitrogens with one attached hydrogen (secondary N) is 1. The molecule has 1 N–H and O–H groups in total. The average molecular weight is 305 g/mol. The van der Waals surface area contributed by atoms with Crippen LogP contribution in [0.15, 0.2) is 64.4 Å². The summed E-state index contributed by atoms with van der Waals surface area (Å²) < 4.78 is 28.7. The highest BCUT2D eigenvalue weighted by Crippen LogP contribution is 2.20. The minimum Gasteiger partial charge on any atom is -0.279 e. The average Bonchev–Trinajstić information content (AvgIpc) is 3.13. The van der Waals surface area contributed by atoms with Crippen LogP contribution in [-0.4, -0.2) is 18.2 Å². The molecule has 0 saturated heterocycles. The monoisotopic (exact) mass is 305 g/mol. The Morgan fingerprint density at radius 3 is 2.50 bits per heavy atom. The van der Waals surface area contributed by atoms with Crippen molar-refractivity contribution >= 4 is 27.0 Å². The lowest BCUT2D eigenvalue weighted by atomic mass is 10.3. The third-order valence-corrected chi connectivity index (χ3v) is 5.43. The van der Waals surface area contributed by atoms with Gasteiger partial charge < -0.3 is 0 Å². The van der Waals surface area contributed by atoms with Crippen LogP contribution in [0.5, 0.6) is 0 Å². The van der Waals surface area contributed by atoms with Gasteiger partial charge in [0.25, 0.3) is 10.0 Å². The largest absolute Gasteiger partial charge is 0.279 e. The molecule has 20 heavy (non-hydrogen) atoms. The second kappa shape index (κ2) is 5.10. The summed E-state index contributed by atoms with van der Waals surface area (Å²) in [4.78, 5) is 0. The van der Waals surface area contributed by atoms with Gasteiger partial charge in [0.1, 0.15) is 4.21 Å². The number of rotatable bonds is 4. The highest BCUT2D eigenvalue weighted by Gasteiger charge is 2.14. The van der Waals surface area contributed by atoms with E-state index in [0.29, 0.717) is 9.90 Å². The Morgan fingerprint density at radius 2 is 1.90 bits per heavy atom. The van der Waals surface area contributed by atoms with Gasteiger partial charge in [-0.1, -0.05) is 6.07 Å². The molecule has 3 rings (SSSR count). The van der Waals surface area contributed by atoms with Crippen molar-refractivity contribution < 1.29 is 8.42 Å². The normalized spacial score (nSPS) is 11.4. The topological polar surface area (TPSA) is 64.0 Å². The molecule has 0 aliphatic rings. The third-order valence-electron chi connectivity index (χ3n) is 2.65. The van der Waals surface area contributed by atoms with Crippen molar-refractivity contribution in [3.8, 4) is 5.69 Å². The van der Waals surface area contributed by atoms with Crippen molar-refractivity contribution in [2.75, 3.05) is 4.72 Å². The zero-order chi connectivity index (χ0) is 14.0. The van der Waals surface area contributed by atoms with Crippen molar-refractivity contribution in [2.24, 2.45) is 0 Å². The SMILES string of the molecule is O=S(=O)(Nc1ccc(-n2cccn2)cc1)c1cccs1. The molecule has 0 bridgehead atoms. The lowest BCUT2D eigenvalue weighted by Crippen LogP contribution is -2.11. The van der Waals surface area contributed by atoms with E-state index in [1.54, 1.807) is 52.7 Å². The number of hydrogen-bond donors (Lipinski definition) is 1. The van der Waals surface area contributed by atoms with Gasteiger partial charge in [0, 0.05) is 18.1 Å². The first kappa shape index (κ1) is 12.9. The van der Waals surface area contributed by atoms with E-state index < -0.39 is 10.0 Å². The Kier molecular flexibility index (Phi) is 3.29. The number of nitrogens with zero attached hydrogens (tertiary/aromatic N) is 2. The summed E-state index contributed by atoms with van der Waals surface area (Å²) in [6, 6.07) is 12.1. The lowest BCUT2D eigenvalue weighted by Gasteiger charge is -2.07. The van der Waals surface area contributed by atoms with Gasteiger partial charge in [0.05, 0.1) is 5.69 Å². The summed E-state index contributed by atoms with van der Waals surface area (Å²) in [5, 5.41) is 5.84. The second-order valence-corrected chi connectivity index (χ2v) is 6.89. The standard InChI is InChI=1S/C13H11N3O2S2/c17-20(18,13-3-1-10-19-13)15-11-4-6-12(7-5-11)16-9-2-8-14-16/h1-10,15H. The summed E-state index contributed by atoms with van der Waals surface area (Å²) in [7, 11) is -3.49. The first-order valence-corrected chi connectivity index (χ1v) is 8.18. The van der Waals surface area contributed by atoms with E-state index in [9.17, 15) is 8.42 Å². The Balaban J connectivity index is 1.83. The maximum absolute atomic E-state index is 12.1. The van der Waals surface area contributed by atoms with Crippen LogP contribution >= 0.6 is 11.3 Å². The van der Waals surface area contributed by atoms with Crippen molar-refractivity contribution in [1.82, 2.24) is 9.78 Å². The maximum atomic E-state index is 12.1. The maximum Gasteiger partial charge on any atom is 0.271 e. The molecule has 0 aliphatic carbocycles.